The molecule has 0 spiro atoms. The largest absolute Gasteiger partial charge is 0.357 e. The number of pyridine rings is 1. The Kier molecular flexibility index (Phi) is 7.70. The van der Waals surface area contributed by atoms with Crippen LogP contribution in [0.2, 0.25) is 0 Å². The van der Waals surface area contributed by atoms with Crippen LogP contribution in [-0.4, -0.2) is 30.6 Å². The highest BCUT2D eigenvalue weighted by molar-refractivity contribution is 5.79. The van der Waals surface area contributed by atoms with Gasteiger partial charge >= 0.3 is 0 Å². The van der Waals surface area contributed by atoms with E-state index in [1.54, 1.807) is 0 Å². The molecule has 0 aromatic carbocycles. The third-order valence-corrected chi connectivity index (χ3v) is 3.00. The minimum Gasteiger partial charge on any atom is -0.357 e. The van der Waals surface area contributed by atoms with E-state index in [-0.39, 0.29) is 0 Å². The summed E-state index contributed by atoms with van der Waals surface area (Å²) in [6.45, 7) is 11.2. The van der Waals surface area contributed by atoms with Gasteiger partial charge in [-0.15, -0.1) is 0 Å². The first-order chi connectivity index (χ1) is 9.61. The summed E-state index contributed by atoms with van der Waals surface area (Å²) in [6.07, 6.45) is 4.03. The maximum Gasteiger partial charge on any atom is 0.191 e. The zero-order chi connectivity index (χ0) is 14.8. The predicted octanol–water partition coefficient (Wildman–Crippen LogP) is 2.53. The van der Waals surface area contributed by atoms with E-state index in [0.29, 0.717) is 5.92 Å². The van der Waals surface area contributed by atoms with Gasteiger partial charge in [-0.2, -0.15) is 0 Å². The molecule has 1 aromatic heterocycles. The van der Waals surface area contributed by atoms with Crippen LogP contribution in [0.5, 0.6) is 0 Å². The van der Waals surface area contributed by atoms with Crippen molar-refractivity contribution in [1.29, 1.82) is 0 Å². The average molecular weight is 276 g/mol. The van der Waals surface area contributed by atoms with Gasteiger partial charge in [0.25, 0.3) is 0 Å². The van der Waals surface area contributed by atoms with Crippen molar-refractivity contribution in [2.45, 2.75) is 40.5 Å². The van der Waals surface area contributed by atoms with Crippen LogP contribution in [0.3, 0.4) is 0 Å². The molecule has 0 aliphatic rings. The van der Waals surface area contributed by atoms with Gasteiger partial charge in [-0.05, 0) is 44.2 Å². The lowest BCUT2D eigenvalue weighted by atomic mass is 10.1. The summed E-state index contributed by atoms with van der Waals surface area (Å²) in [5, 5.41) is 6.64. The highest BCUT2D eigenvalue weighted by atomic mass is 15.2. The van der Waals surface area contributed by atoms with E-state index in [1.807, 2.05) is 13.1 Å². The molecule has 1 heterocycles. The Balaban J connectivity index is 2.36. The maximum absolute atomic E-state index is 4.58. The van der Waals surface area contributed by atoms with E-state index in [9.17, 15) is 0 Å². The van der Waals surface area contributed by atoms with Crippen molar-refractivity contribution in [2.24, 2.45) is 10.9 Å². The van der Waals surface area contributed by atoms with E-state index in [0.717, 1.165) is 44.1 Å². The van der Waals surface area contributed by atoms with E-state index in [2.05, 4.69) is 53.5 Å². The SMILES string of the molecule is CCNC(=NCCC(C)C)NCCc1ccc(C)nc1. The van der Waals surface area contributed by atoms with Gasteiger partial charge in [-0.1, -0.05) is 19.9 Å². The fourth-order valence-electron chi connectivity index (χ4n) is 1.75. The van der Waals surface area contributed by atoms with Gasteiger partial charge in [-0.3, -0.25) is 9.98 Å². The zero-order valence-corrected chi connectivity index (χ0v) is 13.2. The van der Waals surface area contributed by atoms with Crippen LogP contribution in [0.25, 0.3) is 0 Å². The van der Waals surface area contributed by atoms with Crippen molar-refractivity contribution in [3.8, 4) is 0 Å². The molecule has 4 heteroatoms. The van der Waals surface area contributed by atoms with Crippen LogP contribution in [-0.2, 0) is 6.42 Å². The first-order valence-corrected chi connectivity index (χ1v) is 7.55. The van der Waals surface area contributed by atoms with Gasteiger partial charge in [0.15, 0.2) is 5.96 Å². The highest BCUT2D eigenvalue weighted by Gasteiger charge is 1.99. The number of aromatic nitrogens is 1. The second kappa shape index (κ2) is 9.34. The molecular formula is C16H28N4. The lowest BCUT2D eigenvalue weighted by molar-refractivity contribution is 0.594. The van der Waals surface area contributed by atoms with Crippen molar-refractivity contribution in [1.82, 2.24) is 15.6 Å². The molecule has 0 fully saturated rings. The van der Waals surface area contributed by atoms with E-state index in [4.69, 9.17) is 0 Å². The van der Waals surface area contributed by atoms with Crippen molar-refractivity contribution < 1.29 is 0 Å². The van der Waals surface area contributed by atoms with Crippen LogP contribution in [0.15, 0.2) is 23.3 Å². The summed E-state index contributed by atoms with van der Waals surface area (Å²) in [6, 6.07) is 4.18. The van der Waals surface area contributed by atoms with Crippen molar-refractivity contribution in [2.75, 3.05) is 19.6 Å². The Morgan fingerprint density at radius 2 is 2.10 bits per heavy atom. The molecule has 0 aliphatic carbocycles. The summed E-state index contributed by atoms with van der Waals surface area (Å²) in [5.74, 6) is 1.61. The van der Waals surface area contributed by atoms with Crippen LogP contribution in [0.4, 0.5) is 0 Å². The second-order valence-electron chi connectivity index (χ2n) is 5.43. The molecule has 0 amide bonds. The monoisotopic (exact) mass is 276 g/mol. The molecule has 0 radical (unpaired) electrons. The molecule has 112 valence electrons. The molecule has 4 nitrogen and oxygen atoms in total. The quantitative estimate of drug-likeness (QED) is 0.594. The van der Waals surface area contributed by atoms with Crippen molar-refractivity contribution in [3.05, 3.63) is 29.6 Å². The predicted molar refractivity (Wildman–Crippen MR) is 86.1 cm³/mol. The molecule has 0 saturated carbocycles. The second-order valence-corrected chi connectivity index (χ2v) is 5.43. The van der Waals surface area contributed by atoms with Gasteiger partial charge < -0.3 is 10.6 Å². The van der Waals surface area contributed by atoms with Gasteiger partial charge in [0, 0.05) is 31.5 Å². The Hall–Kier alpha value is -1.58. The first kappa shape index (κ1) is 16.5. The number of nitrogens with one attached hydrogen (secondary N) is 2. The average Bonchev–Trinajstić information content (AvgIpc) is 2.40. The number of aliphatic imine (C=N–C) groups is 1. The number of aryl methyl sites for hydroxylation is 1. The number of nitrogens with zero attached hydrogens (tertiary/aromatic N) is 2. The summed E-state index contributed by atoms with van der Waals surface area (Å²) in [5.41, 5.74) is 2.31. The molecular weight excluding hydrogens is 248 g/mol. The molecule has 0 unspecified atom stereocenters. The topological polar surface area (TPSA) is 49.3 Å². The fourth-order valence-corrected chi connectivity index (χ4v) is 1.75. The van der Waals surface area contributed by atoms with E-state index in [1.165, 1.54) is 5.56 Å². The van der Waals surface area contributed by atoms with Gasteiger partial charge in [0.05, 0.1) is 0 Å². The summed E-state index contributed by atoms with van der Waals surface area (Å²) >= 11 is 0. The summed E-state index contributed by atoms with van der Waals surface area (Å²) in [7, 11) is 0. The summed E-state index contributed by atoms with van der Waals surface area (Å²) < 4.78 is 0. The molecule has 20 heavy (non-hydrogen) atoms. The van der Waals surface area contributed by atoms with Crippen molar-refractivity contribution >= 4 is 5.96 Å². The molecule has 0 bridgehead atoms. The third kappa shape index (κ3) is 7.12. The van der Waals surface area contributed by atoms with Crippen LogP contribution in [0, 0.1) is 12.8 Å². The molecule has 0 aliphatic heterocycles. The number of hydrogen-bond acceptors (Lipinski definition) is 2. The highest BCUT2D eigenvalue weighted by Crippen LogP contribution is 2.00. The summed E-state index contributed by atoms with van der Waals surface area (Å²) in [4.78, 5) is 8.89. The molecule has 2 N–H and O–H groups in total. The van der Waals surface area contributed by atoms with Gasteiger partial charge in [-0.25, -0.2) is 0 Å². The number of rotatable bonds is 7. The Morgan fingerprint density at radius 3 is 2.70 bits per heavy atom. The molecule has 1 rings (SSSR count). The first-order valence-electron chi connectivity index (χ1n) is 7.55. The fraction of sp³-hybridized carbons (Fsp3) is 0.625. The van der Waals surface area contributed by atoms with Gasteiger partial charge in [0.1, 0.15) is 0 Å². The van der Waals surface area contributed by atoms with Crippen molar-refractivity contribution in [3.63, 3.8) is 0 Å². The Labute approximate surface area is 123 Å². The third-order valence-electron chi connectivity index (χ3n) is 3.00. The van der Waals surface area contributed by atoms with Crippen LogP contribution < -0.4 is 10.6 Å². The lowest BCUT2D eigenvalue weighted by Gasteiger charge is -2.11. The number of guanidine groups is 1. The van der Waals surface area contributed by atoms with Crippen LogP contribution in [0.1, 0.15) is 38.4 Å². The maximum atomic E-state index is 4.58. The van der Waals surface area contributed by atoms with Gasteiger partial charge in [0.2, 0.25) is 0 Å². The van der Waals surface area contributed by atoms with E-state index < -0.39 is 0 Å². The Morgan fingerprint density at radius 1 is 1.30 bits per heavy atom. The molecule has 0 atom stereocenters. The molecule has 1 aromatic rings. The minimum absolute atomic E-state index is 0.695. The standard InChI is InChI=1S/C16H28N4/c1-5-17-16(18-10-8-13(2)3)19-11-9-15-7-6-14(4)20-12-15/h6-7,12-13H,5,8-11H2,1-4H3,(H2,17,18,19). The molecule has 0 saturated heterocycles. The number of hydrogen-bond donors (Lipinski definition) is 2. The zero-order valence-electron chi connectivity index (χ0n) is 13.2. The van der Waals surface area contributed by atoms with E-state index >= 15 is 0 Å². The lowest BCUT2D eigenvalue weighted by Crippen LogP contribution is -2.38. The van der Waals surface area contributed by atoms with Crippen LogP contribution >= 0.6 is 0 Å². The Bertz CT molecular complexity index is 395. The smallest absolute Gasteiger partial charge is 0.191 e. The normalized spacial score (nSPS) is 11.8. The minimum atomic E-state index is 0.695.